The Bertz CT molecular complexity index is 435. The lowest BCUT2D eigenvalue weighted by molar-refractivity contribution is 0.0599. The molecule has 1 rings (SSSR count). The summed E-state index contributed by atoms with van der Waals surface area (Å²) in [6.07, 6.45) is 0. The monoisotopic (exact) mass is 267 g/mol. The lowest BCUT2D eigenvalue weighted by Gasteiger charge is -2.09. The van der Waals surface area contributed by atoms with Gasteiger partial charge in [0, 0.05) is 5.33 Å². The van der Waals surface area contributed by atoms with Crippen molar-refractivity contribution in [1.29, 1.82) is 0 Å². The number of benzene rings is 1. The highest BCUT2D eigenvalue weighted by Crippen LogP contribution is 2.25. The van der Waals surface area contributed by atoms with Crippen molar-refractivity contribution < 1.29 is 9.53 Å². The Morgan fingerprint density at radius 2 is 2.27 bits per heavy atom. The van der Waals surface area contributed by atoms with Crippen LogP contribution in [0.2, 0.25) is 0 Å². The van der Waals surface area contributed by atoms with Crippen LogP contribution in [0, 0.1) is 13.5 Å². The first-order valence-corrected chi connectivity index (χ1v) is 5.41. The molecule has 1 aromatic rings. The number of ether oxygens (including phenoxy) is 1. The number of carbonyl (C=O) groups excluding carboxylic acids is 1. The molecule has 0 radical (unpaired) electrons. The fraction of sp³-hybridized carbons (Fsp3) is 0.273. The molecule has 78 valence electrons. The summed E-state index contributed by atoms with van der Waals surface area (Å²) in [7, 11) is 1.35. The lowest BCUT2D eigenvalue weighted by Crippen LogP contribution is -2.07. The van der Waals surface area contributed by atoms with Crippen molar-refractivity contribution in [3.05, 3.63) is 40.2 Å². The van der Waals surface area contributed by atoms with Crippen molar-refractivity contribution in [2.24, 2.45) is 0 Å². The van der Waals surface area contributed by atoms with E-state index in [2.05, 4.69) is 20.8 Å². The van der Waals surface area contributed by atoms with Crippen LogP contribution in [0.3, 0.4) is 0 Å². The SMILES string of the molecule is [C-]#[N+]c1cc(C)c(C(=O)OC)c(CBr)c1. The summed E-state index contributed by atoms with van der Waals surface area (Å²) in [5.41, 5.74) is 2.63. The quantitative estimate of drug-likeness (QED) is 0.468. The number of aryl methyl sites for hydroxylation is 1. The molecule has 0 heterocycles. The van der Waals surface area contributed by atoms with Crippen LogP contribution >= 0.6 is 15.9 Å². The van der Waals surface area contributed by atoms with Crippen LogP contribution in [0.4, 0.5) is 5.69 Å². The van der Waals surface area contributed by atoms with Gasteiger partial charge in [0.1, 0.15) is 0 Å². The zero-order valence-electron chi connectivity index (χ0n) is 8.50. The molecule has 0 unspecified atom stereocenters. The summed E-state index contributed by atoms with van der Waals surface area (Å²) in [6, 6.07) is 3.38. The van der Waals surface area contributed by atoms with Crippen LogP contribution in [-0.2, 0) is 10.1 Å². The van der Waals surface area contributed by atoms with Gasteiger partial charge in [-0.15, -0.1) is 0 Å². The molecule has 0 fully saturated rings. The molecule has 0 N–H and O–H groups in total. The zero-order valence-corrected chi connectivity index (χ0v) is 10.1. The maximum Gasteiger partial charge on any atom is 0.338 e. The summed E-state index contributed by atoms with van der Waals surface area (Å²) in [5.74, 6) is -0.363. The Morgan fingerprint density at radius 1 is 1.60 bits per heavy atom. The Labute approximate surface area is 97.0 Å². The Hall–Kier alpha value is -1.34. The first-order chi connectivity index (χ1) is 7.13. The van der Waals surface area contributed by atoms with Crippen LogP contribution < -0.4 is 0 Å². The molecule has 0 bridgehead atoms. The summed E-state index contributed by atoms with van der Waals surface area (Å²) in [6.45, 7) is 8.73. The maximum absolute atomic E-state index is 11.5. The molecule has 15 heavy (non-hydrogen) atoms. The van der Waals surface area contributed by atoms with Gasteiger partial charge in [-0.05, 0) is 18.1 Å². The number of carbonyl (C=O) groups is 1. The standard InChI is InChI=1S/C11H10BrNO2/c1-7-4-9(13-2)5-8(6-12)10(7)11(14)15-3/h4-5H,6H2,1,3H3. The van der Waals surface area contributed by atoms with Gasteiger partial charge in [0.2, 0.25) is 0 Å². The second kappa shape index (κ2) is 4.94. The van der Waals surface area contributed by atoms with Crippen LogP contribution in [0.15, 0.2) is 12.1 Å². The fourth-order valence-corrected chi connectivity index (χ4v) is 1.85. The summed E-state index contributed by atoms with van der Waals surface area (Å²) in [5, 5.41) is 0.529. The van der Waals surface area contributed by atoms with Gasteiger partial charge in [-0.2, -0.15) is 0 Å². The minimum Gasteiger partial charge on any atom is -0.465 e. The molecule has 0 aliphatic rings. The zero-order chi connectivity index (χ0) is 11.4. The van der Waals surface area contributed by atoms with E-state index in [1.54, 1.807) is 19.1 Å². The normalized spacial score (nSPS) is 9.47. The number of nitrogens with zero attached hydrogens (tertiary/aromatic N) is 1. The molecule has 0 amide bonds. The van der Waals surface area contributed by atoms with E-state index in [0.717, 1.165) is 11.1 Å². The maximum atomic E-state index is 11.5. The first-order valence-electron chi connectivity index (χ1n) is 4.29. The highest BCUT2D eigenvalue weighted by Gasteiger charge is 2.15. The highest BCUT2D eigenvalue weighted by molar-refractivity contribution is 9.08. The van der Waals surface area contributed by atoms with E-state index in [1.165, 1.54) is 7.11 Å². The molecule has 0 spiro atoms. The molecule has 0 aromatic heterocycles. The van der Waals surface area contributed by atoms with Crippen molar-refractivity contribution in [1.82, 2.24) is 0 Å². The Kier molecular flexibility index (Phi) is 3.87. The smallest absolute Gasteiger partial charge is 0.338 e. The van der Waals surface area contributed by atoms with Crippen LogP contribution in [0.5, 0.6) is 0 Å². The molecule has 0 aliphatic heterocycles. The Balaban J connectivity index is 3.39. The van der Waals surface area contributed by atoms with Gasteiger partial charge < -0.3 is 4.74 Å². The number of hydrogen-bond donors (Lipinski definition) is 0. The number of methoxy groups -OCH3 is 1. The van der Waals surface area contributed by atoms with E-state index in [-0.39, 0.29) is 5.97 Å². The van der Waals surface area contributed by atoms with E-state index in [1.807, 2.05) is 0 Å². The molecule has 0 aliphatic carbocycles. The minimum atomic E-state index is -0.363. The molecule has 0 atom stereocenters. The average Bonchev–Trinajstić information content (AvgIpc) is 2.26. The number of rotatable bonds is 2. The van der Waals surface area contributed by atoms with Gasteiger partial charge in [-0.25, -0.2) is 9.64 Å². The van der Waals surface area contributed by atoms with Gasteiger partial charge in [0.25, 0.3) is 0 Å². The van der Waals surface area contributed by atoms with E-state index in [9.17, 15) is 4.79 Å². The van der Waals surface area contributed by atoms with Gasteiger partial charge in [0.15, 0.2) is 5.69 Å². The van der Waals surface area contributed by atoms with Gasteiger partial charge in [-0.3, -0.25) is 0 Å². The Morgan fingerprint density at radius 3 is 2.73 bits per heavy atom. The molecule has 0 saturated heterocycles. The van der Waals surface area contributed by atoms with Gasteiger partial charge in [0.05, 0.1) is 19.2 Å². The second-order valence-electron chi connectivity index (χ2n) is 3.03. The average molecular weight is 268 g/mol. The van der Waals surface area contributed by atoms with Gasteiger partial charge >= 0.3 is 5.97 Å². The first kappa shape index (κ1) is 11.7. The van der Waals surface area contributed by atoms with E-state index in [0.29, 0.717) is 16.6 Å². The van der Waals surface area contributed by atoms with Crippen molar-refractivity contribution >= 4 is 27.6 Å². The van der Waals surface area contributed by atoms with Crippen LogP contribution in [-0.4, -0.2) is 13.1 Å². The minimum absolute atomic E-state index is 0.363. The van der Waals surface area contributed by atoms with E-state index < -0.39 is 0 Å². The third-order valence-corrected chi connectivity index (χ3v) is 2.67. The molecule has 4 heteroatoms. The summed E-state index contributed by atoms with van der Waals surface area (Å²) in [4.78, 5) is 14.8. The number of hydrogen-bond acceptors (Lipinski definition) is 2. The molecule has 0 saturated carbocycles. The predicted octanol–water partition coefficient (Wildman–Crippen LogP) is 3.23. The molecule has 3 nitrogen and oxygen atoms in total. The van der Waals surface area contributed by atoms with Crippen LogP contribution in [0.1, 0.15) is 21.5 Å². The molecular formula is C11H10BrNO2. The molecule has 1 aromatic carbocycles. The predicted molar refractivity (Wildman–Crippen MR) is 61.4 cm³/mol. The highest BCUT2D eigenvalue weighted by atomic mass is 79.9. The molecular weight excluding hydrogens is 258 g/mol. The van der Waals surface area contributed by atoms with Crippen LogP contribution in [0.25, 0.3) is 4.85 Å². The van der Waals surface area contributed by atoms with Crippen molar-refractivity contribution in [2.75, 3.05) is 7.11 Å². The summed E-state index contributed by atoms with van der Waals surface area (Å²) >= 11 is 3.29. The lowest BCUT2D eigenvalue weighted by atomic mass is 10.0. The topological polar surface area (TPSA) is 30.7 Å². The van der Waals surface area contributed by atoms with Crippen molar-refractivity contribution in [2.45, 2.75) is 12.3 Å². The summed E-state index contributed by atoms with van der Waals surface area (Å²) < 4.78 is 4.70. The number of alkyl halides is 1. The fourth-order valence-electron chi connectivity index (χ4n) is 1.40. The second-order valence-corrected chi connectivity index (χ2v) is 3.59. The van der Waals surface area contributed by atoms with Crippen molar-refractivity contribution in [3.63, 3.8) is 0 Å². The number of halogens is 1. The number of esters is 1. The third kappa shape index (κ3) is 2.37. The van der Waals surface area contributed by atoms with Gasteiger partial charge in [-0.1, -0.05) is 28.1 Å². The van der Waals surface area contributed by atoms with E-state index in [4.69, 9.17) is 11.3 Å². The van der Waals surface area contributed by atoms with Crippen molar-refractivity contribution in [3.8, 4) is 0 Å². The largest absolute Gasteiger partial charge is 0.465 e. The van der Waals surface area contributed by atoms with E-state index >= 15 is 0 Å². The third-order valence-electron chi connectivity index (χ3n) is 2.06.